The molecule has 0 aliphatic heterocycles. The zero-order chi connectivity index (χ0) is 16.5. The number of carbonyl (C=O) groups is 2. The first-order chi connectivity index (χ1) is 11.2. The number of hydrogen-bond acceptors (Lipinski definition) is 4. The lowest BCUT2D eigenvalue weighted by Crippen LogP contribution is -2.53. The first kappa shape index (κ1) is 17.3. The smallest absolute Gasteiger partial charge is 0.408 e. The minimum atomic E-state index is -0.915. The predicted molar refractivity (Wildman–Crippen MR) is 86.8 cm³/mol. The van der Waals surface area contributed by atoms with Crippen LogP contribution in [-0.2, 0) is 20.9 Å². The SMILES string of the molecule is CCCCOC(=O)C1(NC(=O)OCc2ccccc2)CCCC1. The quantitative estimate of drug-likeness (QED) is 0.616. The molecule has 0 spiro atoms. The van der Waals surface area contributed by atoms with Gasteiger partial charge in [0.15, 0.2) is 0 Å². The van der Waals surface area contributed by atoms with Gasteiger partial charge in [0.05, 0.1) is 6.61 Å². The van der Waals surface area contributed by atoms with Gasteiger partial charge in [-0.05, 0) is 24.8 Å². The van der Waals surface area contributed by atoms with Gasteiger partial charge in [-0.2, -0.15) is 0 Å². The Balaban J connectivity index is 1.88. The van der Waals surface area contributed by atoms with Gasteiger partial charge in [-0.1, -0.05) is 56.5 Å². The first-order valence-electron chi connectivity index (χ1n) is 8.32. The highest BCUT2D eigenvalue weighted by molar-refractivity contribution is 5.86. The van der Waals surface area contributed by atoms with Gasteiger partial charge in [-0.25, -0.2) is 9.59 Å². The van der Waals surface area contributed by atoms with Crippen LogP contribution in [0.5, 0.6) is 0 Å². The Morgan fingerprint density at radius 2 is 1.83 bits per heavy atom. The summed E-state index contributed by atoms with van der Waals surface area (Å²) in [6.07, 6.45) is 4.26. The lowest BCUT2D eigenvalue weighted by Gasteiger charge is -2.27. The molecule has 0 atom stereocenters. The highest BCUT2D eigenvalue weighted by Gasteiger charge is 2.44. The van der Waals surface area contributed by atoms with Crippen LogP contribution >= 0.6 is 0 Å². The molecule has 2 rings (SSSR count). The fourth-order valence-electron chi connectivity index (χ4n) is 2.76. The summed E-state index contributed by atoms with van der Waals surface area (Å²) in [5.74, 6) is -0.333. The molecule has 0 unspecified atom stereocenters. The molecule has 1 aromatic rings. The van der Waals surface area contributed by atoms with E-state index in [1.165, 1.54) is 0 Å². The fraction of sp³-hybridized carbons (Fsp3) is 0.556. The molecule has 0 saturated heterocycles. The number of amides is 1. The van der Waals surface area contributed by atoms with Crippen LogP contribution in [0.4, 0.5) is 4.79 Å². The third kappa shape index (κ3) is 4.98. The van der Waals surface area contributed by atoms with Crippen molar-refractivity contribution in [2.75, 3.05) is 6.61 Å². The monoisotopic (exact) mass is 319 g/mol. The zero-order valence-electron chi connectivity index (χ0n) is 13.7. The van der Waals surface area contributed by atoms with Gasteiger partial charge >= 0.3 is 12.1 Å². The zero-order valence-corrected chi connectivity index (χ0v) is 13.7. The van der Waals surface area contributed by atoms with Crippen molar-refractivity contribution in [2.45, 2.75) is 57.6 Å². The Morgan fingerprint density at radius 1 is 1.13 bits per heavy atom. The lowest BCUT2D eigenvalue weighted by molar-refractivity contribution is -0.151. The van der Waals surface area contributed by atoms with Crippen LogP contribution in [0, 0.1) is 0 Å². The normalized spacial score (nSPS) is 15.9. The molecular formula is C18H25NO4. The second kappa shape index (κ2) is 8.56. The van der Waals surface area contributed by atoms with E-state index in [0.29, 0.717) is 19.4 Å². The molecule has 126 valence electrons. The van der Waals surface area contributed by atoms with Crippen LogP contribution in [0.1, 0.15) is 51.0 Å². The maximum absolute atomic E-state index is 12.4. The molecule has 5 nitrogen and oxygen atoms in total. The molecule has 1 saturated carbocycles. The molecule has 1 aliphatic rings. The molecule has 1 amide bonds. The Morgan fingerprint density at radius 3 is 2.48 bits per heavy atom. The van der Waals surface area contributed by atoms with Crippen molar-refractivity contribution in [3.05, 3.63) is 35.9 Å². The summed E-state index contributed by atoms with van der Waals surface area (Å²) in [4.78, 5) is 24.4. The average molecular weight is 319 g/mol. The second-order valence-electron chi connectivity index (χ2n) is 5.97. The first-order valence-corrected chi connectivity index (χ1v) is 8.32. The molecular weight excluding hydrogens is 294 g/mol. The average Bonchev–Trinajstić information content (AvgIpc) is 3.04. The van der Waals surface area contributed by atoms with E-state index in [4.69, 9.17) is 9.47 Å². The van der Waals surface area contributed by atoms with E-state index in [-0.39, 0.29) is 12.6 Å². The third-order valence-corrected chi connectivity index (χ3v) is 4.13. The van der Waals surface area contributed by atoms with Gasteiger partial charge in [0, 0.05) is 0 Å². The maximum atomic E-state index is 12.4. The van der Waals surface area contributed by atoms with E-state index in [2.05, 4.69) is 5.32 Å². The third-order valence-electron chi connectivity index (χ3n) is 4.13. The van der Waals surface area contributed by atoms with E-state index in [0.717, 1.165) is 31.2 Å². The largest absolute Gasteiger partial charge is 0.464 e. The van der Waals surface area contributed by atoms with Crippen LogP contribution in [-0.4, -0.2) is 24.2 Å². The van der Waals surface area contributed by atoms with Gasteiger partial charge < -0.3 is 14.8 Å². The number of carbonyl (C=O) groups excluding carboxylic acids is 2. The molecule has 1 aromatic carbocycles. The number of benzene rings is 1. The summed E-state index contributed by atoms with van der Waals surface area (Å²) in [6.45, 7) is 2.63. The highest BCUT2D eigenvalue weighted by Crippen LogP contribution is 2.31. The van der Waals surface area contributed by atoms with Gasteiger partial charge in [0.2, 0.25) is 0 Å². The molecule has 0 heterocycles. The number of nitrogens with one attached hydrogen (secondary N) is 1. The summed E-state index contributed by atoms with van der Waals surface area (Å²) >= 11 is 0. The Labute approximate surface area is 137 Å². The van der Waals surface area contributed by atoms with E-state index in [1.54, 1.807) is 0 Å². The van der Waals surface area contributed by atoms with Crippen LogP contribution in [0.3, 0.4) is 0 Å². The van der Waals surface area contributed by atoms with Crippen LogP contribution < -0.4 is 5.32 Å². The standard InChI is InChI=1S/C18H25NO4/c1-2-3-13-22-16(20)18(11-7-8-12-18)19-17(21)23-14-15-9-5-4-6-10-15/h4-6,9-10H,2-3,7-8,11-14H2,1H3,(H,19,21). The van der Waals surface area contributed by atoms with E-state index in [9.17, 15) is 9.59 Å². The van der Waals surface area contributed by atoms with Crippen LogP contribution in [0.2, 0.25) is 0 Å². The van der Waals surface area contributed by atoms with E-state index >= 15 is 0 Å². The molecule has 5 heteroatoms. The van der Waals surface area contributed by atoms with Crippen molar-refractivity contribution in [1.82, 2.24) is 5.32 Å². The summed E-state index contributed by atoms with van der Waals surface area (Å²) in [5.41, 5.74) is -0.00438. The summed E-state index contributed by atoms with van der Waals surface area (Å²) < 4.78 is 10.6. The van der Waals surface area contributed by atoms with Crippen LogP contribution in [0.15, 0.2) is 30.3 Å². The highest BCUT2D eigenvalue weighted by atomic mass is 16.6. The van der Waals surface area contributed by atoms with Gasteiger partial charge in [0.25, 0.3) is 0 Å². The van der Waals surface area contributed by atoms with Crippen molar-refractivity contribution in [2.24, 2.45) is 0 Å². The number of esters is 1. The van der Waals surface area contributed by atoms with Crippen molar-refractivity contribution in [3.8, 4) is 0 Å². The molecule has 23 heavy (non-hydrogen) atoms. The van der Waals surface area contributed by atoms with Crippen molar-refractivity contribution in [3.63, 3.8) is 0 Å². The Hall–Kier alpha value is -2.04. The Kier molecular flexibility index (Phi) is 6.44. The molecule has 0 bridgehead atoms. The summed E-state index contributed by atoms with van der Waals surface area (Å²) in [6, 6.07) is 9.46. The molecule has 0 radical (unpaired) electrons. The number of alkyl carbamates (subject to hydrolysis) is 1. The molecule has 1 N–H and O–H groups in total. The second-order valence-corrected chi connectivity index (χ2v) is 5.97. The van der Waals surface area contributed by atoms with Crippen molar-refractivity contribution < 1.29 is 19.1 Å². The number of ether oxygens (including phenoxy) is 2. The van der Waals surface area contributed by atoms with Crippen LogP contribution in [0.25, 0.3) is 0 Å². The van der Waals surface area contributed by atoms with E-state index < -0.39 is 11.6 Å². The maximum Gasteiger partial charge on any atom is 0.408 e. The minimum Gasteiger partial charge on any atom is -0.464 e. The topological polar surface area (TPSA) is 64.6 Å². The molecule has 1 fully saturated rings. The number of unbranched alkanes of at least 4 members (excludes halogenated alkanes) is 1. The van der Waals surface area contributed by atoms with Crippen molar-refractivity contribution in [1.29, 1.82) is 0 Å². The Bertz CT molecular complexity index is 509. The summed E-state index contributed by atoms with van der Waals surface area (Å²) in [5, 5.41) is 2.75. The van der Waals surface area contributed by atoms with E-state index in [1.807, 2.05) is 37.3 Å². The summed E-state index contributed by atoms with van der Waals surface area (Å²) in [7, 11) is 0. The number of hydrogen-bond donors (Lipinski definition) is 1. The molecule has 1 aliphatic carbocycles. The lowest BCUT2D eigenvalue weighted by atomic mass is 9.98. The number of rotatable bonds is 7. The van der Waals surface area contributed by atoms with Crippen molar-refractivity contribution >= 4 is 12.1 Å². The minimum absolute atomic E-state index is 0.188. The molecule has 0 aromatic heterocycles. The van der Waals surface area contributed by atoms with Gasteiger partial charge in [-0.3, -0.25) is 0 Å². The van der Waals surface area contributed by atoms with Gasteiger partial charge in [0.1, 0.15) is 12.1 Å². The van der Waals surface area contributed by atoms with Gasteiger partial charge in [-0.15, -0.1) is 0 Å². The fourth-order valence-corrected chi connectivity index (χ4v) is 2.76. The predicted octanol–water partition coefficient (Wildman–Crippen LogP) is 3.57.